The van der Waals surface area contributed by atoms with Crippen LogP contribution in [-0.4, -0.2) is 16.3 Å². The van der Waals surface area contributed by atoms with Crippen molar-refractivity contribution < 1.29 is 0 Å². The lowest BCUT2D eigenvalue weighted by Crippen LogP contribution is -2.25. The third-order valence-electron chi connectivity index (χ3n) is 3.68. The Hall–Kier alpha value is -1.32. The van der Waals surface area contributed by atoms with E-state index < -0.39 is 0 Å². The summed E-state index contributed by atoms with van der Waals surface area (Å²) >= 11 is 6.35. The smallest absolute Gasteiger partial charge is 0.0837 e. The van der Waals surface area contributed by atoms with Gasteiger partial charge in [-0.25, -0.2) is 0 Å². The molecule has 0 spiro atoms. The van der Waals surface area contributed by atoms with Gasteiger partial charge in [-0.15, -0.1) is 0 Å². The molecule has 4 heteroatoms. The Morgan fingerprint density at radius 3 is 2.60 bits per heavy atom. The first-order valence-electron chi connectivity index (χ1n) is 7.10. The first-order valence-corrected chi connectivity index (χ1v) is 7.48. The van der Waals surface area contributed by atoms with E-state index in [9.17, 15) is 0 Å². The second-order valence-corrected chi connectivity index (χ2v) is 5.44. The van der Waals surface area contributed by atoms with Gasteiger partial charge in [0.2, 0.25) is 0 Å². The van der Waals surface area contributed by atoms with Gasteiger partial charge in [0.1, 0.15) is 0 Å². The fourth-order valence-corrected chi connectivity index (χ4v) is 2.68. The van der Waals surface area contributed by atoms with Crippen molar-refractivity contribution in [2.75, 3.05) is 6.54 Å². The van der Waals surface area contributed by atoms with Crippen LogP contribution in [0.5, 0.6) is 0 Å². The Morgan fingerprint density at radius 1 is 1.25 bits per heavy atom. The van der Waals surface area contributed by atoms with Gasteiger partial charge in [-0.3, -0.25) is 4.68 Å². The molecule has 2 aromatic rings. The van der Waals surface area contributed by atoms with Crippen molar-refractivity contribution in [2.24, 2.45) is 0 Å². The lowest BCUT2D eigenvalue weighted by Gasteiger charge is -2.21. The van der Waals surface area contributed by atoms with Crippen LogP contribution in [0.3, 0.4) is 0 Å². The molecule has 1 heterocycles. The summed E-state index contributed by atoms with van der Waals surface area (Å²) in [6, 6.07) is 6.63. The van der Waals surface area contributed by atoms with Gasteiger partial charge in [-0.1, -0.05) is 36.7 Å². The number of aryl methyl sites for hydroxylation is 3. The molecule has 0 saturated heterocycles. The standard InChI is InChI=1S/C16H22ClN3/c1-5-18-15(13-8-7-11(3)12(4)9-13)16-14(17)10-19-20(16)6-2/h7-10,15,18H,5-6H2,1-4H3. The number of aromatic nitrogens is 2. The quantitative estimate of drug-likeness (QED) is 0.906. The normalized spacial score (nSPS) is 12.7. The monoisotopic (exact) mass is 291 g/mol. The zero-order valence-corrected chi connectivity index (χ0v) is 13.3. The Balaban J connectivity index is 2.49. The van der Waals surface area contributed by atoms with Crippen LogP contribution in [0.15, 0.2) is 24.4 Å². The molecule has 20 heavy (non-hydrogen) atoms. The zero-order chi connectivity index (χ0) is 14.7. The highest BCUT2D eigenvalue weighted by atomic mass is 35.5. The van der Waals surface area contributed by atoms with E-state index in [1.54, 1.807) is 6.20 Å². The zero-order valence-electron chi connectivity index (χ0n) is 12.6. The minimum Gasteiger partial charge on any atom is -0.305 e. The van der Waals surface area contributed by atoms with Crippen molar-refractivity contribution >= 4 is 11.6 Å². The number of rotatable bonds is 5. The maximum Gasteiger partial charge on any atom is 0.0837 e. The number of benzene rings is 1. The van der Waals surface area contributed by atoms with E-state index >= 15 is 0 Å². The molecule has 3 nitrogen and oxygen atoms in total. The van der Waals surface area contributed by atoms with E-state index in [-0.39, 0.29) is 6.04 Å². The molecule has 0 aliphatic carbocycles. The highest BCUT2D eigenvalue weighted by Crippen LogP contribution is 2.29. The minimum atomic E-state index is 0.0780. The van der Waals surface area contributed by atoms with Gasteiger partial charge in [-0.2, -0.15) is 5.10 Å². The number of nitrogens with one attached hydrogen (secondary N) is 1. The highest BCUT2D eigenvalue weighted by molar-refractivity contribution is 6.31. The molecule has 1 unspecified atom stereocenters. The van der Waals surface area contributed by atoms with E-state index in [1.165, 1.54) is 16.7 Å². The number of hydrogen-bond acceptors (Lipinski definition) is 2. The molecule has 1 atom stereocenters. The highest BCUT2D eigenvalue weighted by Gasteiger charge is 2.21. The van der Waals surface area contributed by atoms with Crippen LogP contribution in [0.4, 0.5) is 0 Å². The summed E-state index contributed by atoms with van der Waals surface area (Å²) in [4.78, 5) is 0. The Bertz CT molecular complexity index is 589. The van der Waals surface area contributed by atoms with E-state index in [0.717, 1.165) is 23.8 Å². The van der Waals surface area contributed by atoms with Gasteiger partial charge in [0.15, 0.2) is 0 Å². The number of nitrogens with zero attached hydrogens (tertiary/aromatic N) is 2. The maximum absolute atomic E-state index is 6.35. The first kappa shape index (κ1) is 15.1. The predicted octanol–water partition coefficient (Wildman–Crippen LogP) is 3.87. The second kappa shape index (κ2) is 6.42. The molecule has 1 aromatic heterocycles. The third kappa shape index (κ3) is 2.89. The number of hydrogen-bond donors (Lipinski definition) is 1. The van der Waals surface area contributed by atoms with Crippen LogP contribution in [0.1, 0.15) is 42.3 Å². The molecule has 0 fully saturated rings. The van der Waals surface area contributed by atoms with Crippen LogP contribution in [0.2, 0.25) is 5.02 Å². The largest absolute Gasteiger partial charge is 0.305 e. The van der Waals surface area contributed by atoms with Gasteiger partial charge in [0, 0.05) is 6.54 Å². The summed E-state index contributed by atoms with van der Waals surface area (Å²) in [7, 11) is 0. The average molecular weight is 292 g/mol. The summed E-state index contributed by atoms with van der Waals surface area (Å²) in [5.74, 6) is 0. The fourth-order valence-electron chi connectivity index (χ4n) is 2.43. The van der Waals surface area contributed by atoms with Crippen LogP contribution in [-0.2, 0) is 6.54 Å². The summed E-state index contributed by atoms with van der Waals surface area (Å²) in [6.07, 6.45) is 1.73. The number of halogens is 1. The molecule has 0 radical (unpaired) electrons. The topological polar surface area (TPSA) is 29.9 Å². The van der Waals surface area contributed by atoms with Crippen LogP contribution < -0.4 is 5.32 Å². The van der Waals surface area contributed by atoms with E-state index in [0.29, 0.717) is 0 Å². The predicted molar refractivity (Wildman–Crippen MR) is 84.3 cm³/mol. The molecular weight excluding hydrogens is 270 g/mol. The summed E-state index contributed by atoms with van der Waals surface area (Å²) in [5, 5.41) is 8.58. The minimum absolute atomic E-state index is 0.0780. The van der Waals surface area contributed by atoms with E-state index in [1.807, 2.05) is 4.68 Å². The Labute approximate surface area is 126 Å². The molecule has 0 saturated carbocycles. The van der Waals surface area contributed by atoms with Gasteiger partial charge in [0.05, 0.1) is 23.0 Å². The van der Waals surface area contributed by atoms with Crippen molar-refractivity contribution in [2.45, 2.75) is 40.3 Å². The summed E-state index contributed by atoms with van der Waals surface area (Å²) in [6.45, 7) is 10.1. The van der Waals surface area contributed by atoms with Crippen LogP contribution in [0, 0.1) is 13.8 Å². The van der Waals surface area contributed by atoms with Crippen LogP contribution in [0.25, 0.3) is 0 Å². The third-order valence-corrected chi connectivity index (χ3v) is 3.97. The van der Waals surface area contributed by atoms with Crippen molar-refractivity contribution in [1.29, 1.82) is 0 Å². The molecule has 0 bridgehead atoms. The van der Waals surface area contributed by atoms with Crippen molar-refractivity contribution in [3.05, 3.63) is 51.8 Å². The Morgan fingerprint density at radius 2 is 2.00 bits per heavy atom. The lowest BCUT2D eigenvalue weighted by atomic mass is 9.98. The molecule has 1 N–H and O–H groups in total. The van der Waals surface area contributed by atoms with Crippen molar-refractivity contribution in [1.82, 2.24) is 15.1 Å². The summed E-state index contributed by atoms with van der Waals surface area (Å²) < 4.78 is 1.96. The van der Waals surface area contributed by atoms with Gasteiger partial charge in [-0.05, 0) is 44.0 Å². The van der Waals surface area contributed by atoms with Gasteiger partial charge in [0.25, 0.3) is 0 Å². The van der Waals surface area contributed by atoms with Crippen molar-refractivity contribution in [3.8, 4) is 0 Å². The molecule has 108 valence electrons. The lowest BCUT2D eigenvalue weighted by molar-refractivity contribution is 0.542. The SMILES string of the molecule is CCNC(c1ccc(C)c(C)c1)c1c(Cl)cnn1CC. The first-order chi connectivity index (χ1) is 9.58. The molecule has 2 rings (SSSR count). The molecule has 0 aliphatic rings. The molecular formula is C16H22ClN3. The van der Waals surface area contributed by atoms with E-state index in [4.69, 9.17) is 11.6 Å². The second-order valence-electron chi connectivity index (χ2n) is 5.03. The van der Waals surface area contributed by atoms with E-state index in [2.05, 4.69) is 56.3 Å². The fraction of sp³-hybridized carbons (Fsp3) is 0.438. The van der Waals surface area contributed by atoms with Gasteiger partial charge < -0.3 is 5.32 Å². The van der Waals surface area contributed by atoms with Crippen LogP contribution >= 0.6 is 11.6 Å². The molecule has 0 aliphatic heterocycles. The molecule has 0 amide bonds. The maximum atomic E-state index is 6.35. The summed E-state index contributed by atoms with van der Waals surface area (Å²) in [5.41, 5.74) is 4.87. The van der Waals surface area contributed by atoms with Crippen molar-refractivity contribution in [3.63, 3.8) is 0 Å². The average Bonchev–Trinajstić information content (AvgIpc) is 2.80. The van der Waals surface area contributed by atoms with Gasteiger partial charge >= 0.3 is 0 Å². The molecule has 1 aromatic carbocycles. The Kier molecular flexibility index (Phi) is 4.84.